The van der Waals surface area contributed by atoms with E-state index in [2.05, 4.69) is 26.7 Å². The molecule has 0 unspecified atom stereocenters. The van der Waals surface area contributed by atoms with Gasteiger partial charge in [0.2, 0.25) is 0 Å². The zero-order chi connectivity index (χ0) is 18.4. The number of aliphatic hydroxyl groups is 1. The maximum absolute atomic E-state index is 9.41. The first kappa shape index (κ1) is 18.9. The SMILES string of the molecule is OCCN(Cc1cccnc1)Cc1cccn1Cc1ccc(Cl)c(Cl)c1. The van der Waals surface area contributed by atoms with Crippen molar-refractivity contribution in [2.75, 3.05) is 13.2 Å². The summed E-state index contributed by atoms with van der Waals surface area (Å²) in [5, 5.41) is 10.5. The summed E-state index contributed by atoms with van der Waals surface area (Å²) in [7, 11) is 0. The van der Waals surface area contributed by atoms with E-state index in [0.29, 0.717) is 16.6 Å². The Bertz CT molecular complexity index is 836. The van der Waals surface area contributed by atoms with Crippen LogP contribution in [0, 0.1) is 0 Å². The number of halogens is 2. The van der Waals surface area contributed by atoms with E-state index < -0.39 is 0 Å². The van der Waals surface area contributed by atoms with Crippen LogP contribution in [0.3, 0.4) is 0 Å². The van der Waals surface area contributed by atoms with Crippen molar-refractivity contribution in [3.8, 4) is 0 Å². The van der Waals surface area contributed by atoms with Crippen molar-refractivity contribution >= 4 is 23.2 Å². The molecule has 3 aromatic rings. The van der Waals surface area contributed by atoms with Crippen molar-refractivity contribution in [3.05, 3.63) is 87.9 Å². The van der Waals surface area contributed by atoms with Gasteiger partial charge in [0.05, 0.1) is 16.7 Å². The maximum atomic E-state index is 9.41. The summed E-state index contributed by atoms with van der Waals surface area (Å²) >= 11 is 12.1. The van der Waals surface area contributed by atoms with Gasteiger partial charge in [-0.3, -0.25) is 9.88 Å². The van der Waals surface area contributed by atoms with Crippen LogP contribution in [0.1, 0.15) is 16.8 Å². The third-order valence-electron chi connectivity index (χ3n) is 4.19. The van der Waals surface area contributed by atoms with Crippen LogP contribution in [0.4, 0.5) is 0 Å². The Morgan fingerprint density at radius 2 is 1.88 bits per heavy atom. The summed E-state index contributed by atoms with van der Waals surface area (Å²) in [6.07, 6.45) is 5.68. The van der Waals surface area contributed by atoms with Crippen LogP contribution < -0.4 is 0 Å². The Balaban J connectivity index is 1.72. The summed E-state index contributed by atoms with van der Waals surface area (Å²) in [6.45, 7) is 2.93. The minimum atomic E-state index is 0.119. The second-order valence-corrected chi connectivity index (χ2v) is 6.99. The van der Waals surface area contributed by atoms with Gasteiger partial charge in [-0.1, -0.05) is 35.3 Å². The minimum Gasteiger partial charge on any atom is -0.395 e. The van der Waals surface area contributed by atoms with E-state index in [1.165, 1.54) is 5.69 Å². The first-order chi connectivity index (χ1) is 12.7. The Kier molecular flexibility index (Phi) is 6.69. The highest BCUT2D eigenvalue weighted by molar-refractivity contribution is 6.42. The highest BCUT2D eigenvalue weighted by atomic mass is 35.5. The molecule has 0 bridgehead atoms. The molecule has 2 aromatic heterocycles. The molecule has 26 heavy (non-hydrogen) atoms. The van der Waals surface area contributed by atoms with E-state index in [9.17, 15) is 5.11 Å². The van der Waals surface area contributed by atoms with E-state index >= 15 is 0 Å². The van der Waals surface area contributed by atoms with E-state index in [4.69, 9.17) is 23.2 Å². The maximum Gasteiger partial charge on any atom is 0.0595 e. The molecule has 4 nitrogen and oxygen atoms in total. The number of rotatable bonds is 8. The van der Waals surface area contributed by atoms with Crippen molar-refractivity contribution in [2.24, 2.45) is 0 Å². The molecular formula is C20H21Cl2N3O. The second-order valence-electron chi connectivity index (χ2n) is 6.17. The van der Waals surface area contributed by atoms with E-state index in [-0.39, 0.29) is 6.61 Å². The fraction of sp³-hybridized carbons (Fsp3) is 0.250. The summed E-state index contributed by atoms with van der Waals surface area (Å²) in [4.78, 5) is 6.37. The predicted octanol–water partition coefficient (Wildman–Crippen LogP) is 4.23. The van der Waals surface area contributed by atoms with Gasteiger partial charge in [0, 0.05) is 50.5 Å². The van der Waals surface area contributed by atoms with Crippen molar-refractivity contribution in [2.45, 2.75) is 19.6 Å². The van der Waals surface area contributed by atoms with Gasteiger partial charge in [-0.25, -0.2) is 0 Å². The smallest absolute Gasteiger partial charge is 0.0595 e. The number of aromatic nitrogens is 2. The van der Waals surface area contributed by atoms with Gasteiger partial charge in [-0.05, 0) is 41.5 Å². The number of hydrogen-bond donors (Lipinski definition) is 1. The molecule has 0 spiro atoms. The van der Waals surface area contributed by atoms with Crippen molar-refractivity contribution in [3.63, 3.8) is 0 Å². The number of nitrogens with zero attached hydrogens (tertiary/aromatic N) is 3. The van der Waals surface area contributed by atoms with Gasteiger partial charge >= 0.3 is 0 Å². The molecule has 0 amide bonds. The van der Waals surface area contributed by atoms with Gasteiger partial charge in [0.15, 0.2) is 0 Å². The third kappa shape index (κ3) is 5.08. The summed E-state index contributed by atoms with van der Waals surface area (Å²) in [5.41, 5.74) is 3.40. The first-order valence-electron chi connectivity index (χ1n) is 8.46. The van der Waals surface area contributed by atoms with Crippen LogP contribution in [0.15, 0.2) is 61.1 Å². The molecule has 3 rings (SSSR count). The van der Waals surface area contributed by atoms with Crippen LogP contribution in [0.2, 0.25) is 10.0 Å². The summed E-state index contributed by atoms with van der Waals surface area (Å²) < 4.78 is 2.19. The number of hydrogen-bond acceptors (Lipinski definition) is 3. The average Bonchev–Trinajstić information content (AvgIpc) is 3.06. The monoisotopic (exact) mass is 389 g/mol. The molecule has 0 aliphatic rings. The topological polar surface area (TPSA) is 41.3 Å². The standard InChI is InChI=1S/C20H21Cl2N3O/c21-19-6-5-16(11-20(19)22)14-25-8-2-4-18(25)15-24(9-10-26)13-17-3-1-7-23-12-17/h1-8,11-12,26H,9-10,13-15H2. The lowest BCUT2D eigenvalue weighted by molar-refractivity contribution is 0.181. The summed E-state index contributed by atoms with van der Waals surface area (Å²) in [5.74, 6) is 0. The van der Waals surface area contributed by atoms with Crippen molar-refractivity contribution in [1.29, 1.82) is 0 Å². The van der Waals surface area contributed by atoms with Gasteiger partial charge in [0.25, 0.3) is 0 Å². The lowest BCUT2D eigenvalue weighted by Gasteiger charge is -2.22. The molecule has 6 heteroatoms. The van der Waals surface area contributed by atoms with E-state index in [0.717, 1.165) is 30.8 Å². The Morgan fingerprint density at radius 1 is 1.00 bits per heavy atom. The molecule has 0 aliphatic heterocycles. The normalized spacial score (nSPS) is 11.2. The molecule has 0 aliphatic carbocycles. The highest BCUT2D eigenvalue weighted by Crippen LogP contribution is 2.23. The minimum absolute atomic E-state index is 0.119. The fourth-order valence-corrected chi connectivity index (χ4v) is 3.24. The molecule has 1 N–H and O–H groups in total. The zero-order valence-corrected chi connectivity index (χ0v) is 15.9. The first-order valence-corrected chi connectivity index (χ1v) is 9.21. The largest absolute Gasteiger partial charge is 0.395 e. The number of pyridine rings is 1. The number of aliphatic hydroxyl groups excluding tert-OH is 1. The second kappa shape index (κ2) is 9.19. The average molecular weight is 390 g/mol. The van der Waals surface area contributed by atoms with Crippen LogP contribution in [-0.4, -0.2) is 32.7 Å². The lowest BCUT2D eigenvalue weighted by Crippen LogP contribution is -2.27. The van der Waals surface area contributed by atoms with Crippen LogP contribution in [-0.2, 0) is 19.6 Å². The van der Waals surface area contributed by atoms with Gasteiger partial charge in [0.1, 0.15) is 0 Å². The molecule has 0 radical (unpaired) electrons. The molecule has 1 aromatic carbocycles. The van der Waals surface area contributed by atoms with Gasteiger partial charge < -0.3 is 9.67 Å². The molecule has 0 atom stereocenters. The molecule has 0 fully saturated rings. The predicted molar refractivity (Wildman–Crippen MR) is 105 cm³/mol. The third-order valence-corrected chi connectivity index (χ3v) is 4.93. The van der Waals surface area contributed by atoms with E-state index in [1.54, 1.807) is 6.20 Å². The number of benzene rings is 1. The van der Waals surface area contributed by atoms with Gasteiger partial charge in [-0.2, -0.15) is 0 Å². The van der Waals surface area contributed by atoms with Crippen LogP contribution >= 0.6 is 23.2 Å². The quantitative estimate of drug-likeness (QED) is 0.626. The Morgan fingerprint density at radius 3 is 2.62 bits per heavy atom. The Labute approximate surface area is 163 Å². The molecule has 0 saturated heterocycles. The molecular weight excluding hydrogens is 369 g/mol. The van der Waals surface area contributed by atoms with Gasteiger partial charge in [-0.15, -0.1) is 0 Å². The fourth-order valence-electron chi connectivity index (χ4n) is 2.92. The van der Waals surface area contributed by atoms with E-state index in [1.807, 2.05) is 42.6 Å². The summed E-state index contributed by atoms with van der Waals surface area (Å²) in [6, 6.07) is 13.8. The molecule has 136 valence electrons. The molecule has 2 heterocycles. The highest BCUT2D eigenvalue weighted by Gasteiger charge is 2.10. The zero-order valence-electron chi connectivity index (χ0n) is 14.4. The van der Waals surface area contributed by atoms with Crippen LogP contribution in [0.5, 0.6) is 0 Å². The van der Waals surface area contributed by atoms with Crippen LogP contribution in [0.25, 0.3) is 0 Å². The van der Waals surface area contributed by atoms with Crippen molar-refractivity contribution < 1.29 is 5.11 Å². The Hall–Kier alpha value is -1.85. The molecule has 0 saturated carbocycles. The van der Waals surface area contributed by atoms with Crippen molar-refractivity contribution in [1.82, 2.24) is 14.5 Å². The lowest BCUT2D eigenvalue weighted by atomic mass is 10.2.